The minimum atomic E-state index is 0.640. The lowest BCUT2D eigenvalue weighted by Crippen LogP contribution is -2.16. The van der Waals surface area contributed by atoms with E-state index < -0.39 is 0 Å². The maximum absolute atomic E-state index is 5.62. The second kappa shape index (κ2) is 5.93. The van der Waals surface area contributed by atoms with Gasteiger partial charge in [0.1, 0.15) is 0 Å². The Balaban J connectivity index is 2.02. The SMILES string of the molecule is CCNCCc1nnc(-c2ccc(CC)s2)o1. The van der Waals surface area contributed by atoms with Gasteiger partial charge in [0.05, 0.1) is 4.88 Å². The standard InChI is InChI=1S/C12H17N3OS/c1-3-9-5-6-10(17-9)12-15-14-11(16-12)7-8-13-4-2/h5-6,13H,3-4,7-8H2,1-2H3. The molecule has 2 rings (SSSR count). The van der Waals surface area contributed by atoms with E-state index >= 15 is 0 Å². The van der Waals surface area contributed by atoms with E-state index in [0.717, 1.165) is 30.8 Å². The van der Waals surface area contributed by atoms with Crippen molar-refractivity contribution in [2.45, 2.75) is 26.7 Å². The monoisotopic (exact) mass is 251 g/mol. The van der Waals surface area contributed by atoms with Gasteiger partial charge in [-0.15, -0.1) is 21.5 Å². The third-order valence-corrected chi connectivity index (χ3v) is 3.67. The summed E-state index contributed by atoms with van der Waals surface area (Å²) in [6, 6.07) is 4.16. The average Bonchev–Trinajstić information content (AvgIpc) is 2.97. The van der Waals surface area contributed by atoms with Crippen molar-refractivity contribution in [2.75, 3.05) is 13.1 Å². The van der Waals surface area contributed by atoms with Crippen molar-refractivity contribution in [1.29, 1.82) is 0 Å². The molecular formula is C12H17N3OS. The van der Waals surface area contributed by atoms with E-state index in [2.05, 4.69) is 35.4 Å². The Hall–Kier alpha value is -1.20. The second-order valence-corrected chi connectivity index (χ2v) is 4.89. The molecule has 0 radical (unpaired) electrons. The van der Waals surface area contributed by atoms with Gasteiger partial charge in [0, 0.05) is 17.8 Å². The molecule has 1 N–H and O–H groups in total. The zero-order valence-corrected chi connectivity index (χ0v) is 11.0. The van der Waals surface area contributed by atoms with Crippen molar-refractivity contribution in [2.24, 2.45) is 0 Å². The van der Waals surface area contributed by atoms with Crippen LogP contribution in [0.25, 0.3) is 10.8 Å². The Morgan fingerprint density at radius 3 is 2.88 bits per heavy atom. The summed E-state index contributed by atoms with van der Waals surface area (Å²) in [5.74, 6) is 1.34. The topological polar surface area (TPSA) is 51.0 Å². The molecule has 92 valence electrons. The van der Waals surface area contributed by atoms with E-state index in [-0.39, 0.29) is 0 Å². The summed E-state index contributed by atoms with van der Waals surface area (Å²) in [5.41, 5.74) is 0. The average molecular weight is 251 g/mol. The minimum Gasteiger partial charge on any atom is -0.420 e. The highest BCUT2D eigenvalue weighted by atomic mass is 32.1. The van der Waals surface area contributed by atoms with Gasteiger partial charge in [-0.25, -0.2) is 0 Å². The first kappa shape index (κ1) is 12.3. The third kappa shape index (κ3) is 3.14. The molecule has 0 aliphatic heterocycles. The molecule has 0 amide bonds. The number of hydrogen-bond donors (Lipinski definition) is 1. The third-order valence-electron chi connectivity index (χ3n) is 2.45. The van der Waals surface area contributed by atoms with E-state index in [1.165, 1.54) is 4.88 Å². The highest BCUT2D eigenvalue weighted by Crippen LogP contribution is 2.27. The Morgan fingerprint density at radius 2 is 2.18 bits per heavy atom. The molecule has 0 fully saturated rings. The molecular weight excluding hydrogens is 234 g/mol. The van der Waals surface area contributed by atoms with Crippen LogP contribution in [0, 0.1) is 0 Å². The molecule has 5 heteroatoms. The van der Waals surface area contributed by atoms with Gasteiger partial charge in [-0.05, 0) is 25.1 Å². The zero-order chi connectivity index (χ0) is 12.1. The van der Waals surface area contributed by atoms with Gasteiger partial charge in [-0.1, -0.05) is 13.8 Å². The van der Waals surface area contributed by atoms with Crippen LogP contribution in [0.15, 0.2) is 16.5 Å². The summed E-state index contributed by atoms with van der Waals surface area (Å²) in [4.78, 5) is 2.40. The summed E-state index contributed by atoms with van der Waals surface area (Å²) < 4.78 is 5.62. The summed E-state index contributed by atoms with van der Waals surface area (Å²) in [6.45, 7) is 6.07. The summed E-state index contributed by atoms with van der Waals surface area (Å²) in [6.07, 6.45) is 1.83. The van der Waals surface area contributed by atoms with Gasteiger partial charge in [0.25, 0.3) is 5.89 Å². The Kier molecular flexibility index (Phi) is 4.28. The van der Waals surface area contributed by atoms with Crippen LogP contribution in [0.2, 0.25) is 0 Å². The van der Waals surface area contributed by atoms with Crippen molar-refractivity contribution in [3.63, 3.8) is 0 Å². The molecule has 2 aromatic rings. The van der Waals surface area contributed by atoms with E-state index in [1.807, 2.05) is 6.07 Å². The number of aromatic nitrogens is 2. The van der Waals surface area contributed by atoms with E-state index in [0.29, 0.717) is 11.8 Å². The molecule has 0 atom stereocenters. The summed E-state index contributed by atoms with van der Waals surface area (Å²) >= 11 is 1.72. The van der Waals surface area contributed by atoms with Gasteiger partial charge in [0.15, 0.2) is 0 Å². The Bertz CT molecular complexity index is 464. The van der Waals surface area contributed by atoms with E-state index in [9.17, 15) is 0 Å². The lowest BCUT2D eigenvalue weighted by atomic mass is 10.4. The number of nitrogens with zero attached hydrogens (tertiary/aromatic N) is 2. The number of hydrogen-bond acceptors (Lipinski definition) is 5. The molecule has 2 aromatic heterocycles. The van der Waals surface area contributed by atoms with E-state index in [4.69, 9.17) is 4.42 Å². The maximum atomic E-state index is 5.62. The van der Waals surface area contributed by atoms with Gasteiger partial charge >= 0.3 is 0 Å². The van der Waals surface area contributed by atoms with Crippen LogP contribution in [0.5, 0.6) is 0 Å². The fourth-order valence-electron chi connectivity index (χ4n) is 1.51. The predicted molar refractivity (Wildman–Crippen MR) is 69.2 cm³/mol. The summed E-state index contributed by atoms with van der Waals surface area (Å²) in [5, 5.41) is 11.4. The van der Waals surface area contributed by atoms with Gasteiger partial charge in [-0.2, -0.15) is 0 Å². The fourth-order valence-corrected chi connectivity index (χ4v) is 2.38. The van der Waals surface area contributed by atoms with Gasteiger partial charge < -0.3 is 9.73 Å². The zero-order valence-electron chi connectivity index (χ0n) is 10.2. The largest absolute Gasteiger partial charge is 0.420 e. The van der Waals surface area contributed by atoms with Crippen LogP contribution in [-0.4, -0.2) is 23.3 Å². The highest BCUT2D eigenvalue weighted by molar-refractivity contribution is 7.15. The van der Waals surface area contributed by atoms with Crippen molar-refractivity contribution < 1.29 is 4.42 Å². The van der Waals surface area contributed by atoms with Crippen LogP contribution < -0.4 is 5.32 Å². The molecule has 0 saturated heterocycles. The van der Waals surface area contributed by atoms with Crippen molar-refractivity contribution in [3.05, 3.63) is 22.9 Å². The second-order valence-electron chi connectivity index (χ2n) is 3.72. The predicted octanol–water partition coefficient (Wildman–Crippen LogP) is 2.51. The molecule has 0 aliphatic carbocycles. The van der Waals surface area contributed by atoms with Crippen molar-refractivity contribution in [1.82, 2.24) is 15.5 Å². The van der Waals surface area contributed by atoms with Crippen LogP contribution in [0.4, 0.5) is 0 Å². The molecule has 4 nitrogen and oxygen atoms in total. The molecule has 0 saturated carbocycles. The first-order valence-corrected chi connectivity index (χ1v) is 6.77. The number of rotatable bonds is 6. The number of thiophene rings is 1. The van der Waals surface area contributed by atoms with Crippen LogP contribution in [-0.2, 0) is 12.8 Å². The summed E-state index contributed by atoms with van der Waals surface area (Å²) in [7, 11) is 0. The lowest BCUT2D eigenvalue weighted by Gasteiger charge is -1.95. The first-order chi connectivity index (χ1) is 8.33. The van der Waals surface area contributed by atoms with Crippen LogP contribution in [0.1, 0.15) is 24.6 Å². The molecule has 17 heavy (non-hydrogen) atoms. The quantitative estimate of drug-likeness (QED) is 0.801. The van der Waals surface area contributed by atoms with Gasteiger partial charge in [-0.3, -0.25) is 0 Å². The van der Waals surface area contributed by atoms with Crippen molar-refractivity contribution >= 4 is 11.3 Å². The Labute approximate surface area is 105 Å². The van der Waals surface area contributed by atoms with Crippen LogP contribution in [0.3, 0.4) is 0 Å². The normalized spacial score (nSPS) is 10.9. The van der Waals surface area contributed by atoms with Crippen LogP contribution >= 0.6 is 11.3 Å². The molecule has 0 bridgehead atoms. The number of likely N-dealkylation sites (N-methyl/N-ethyl adjacent to an activating group) is 1. The number of nitrogens with one attached hydrogen (secondary N) is 1. The molecule has 0 aliphatic rings. The van der Waals surface area contributed by atoms with Crippen molar-refractivity contribution in [3.8, 4) is 10.8 Å². The molecule has 0 aromatic carbocycles. The molecule has 0 unspecified atom stereocenters. The van der Waals surface area contributed by atoms with Gasteiger partial charge in [0.2, 0.25) is 5.89 Å². The lowest BCUT2D eigenvalue weighted by molar-refractivity contribution is 0.497. The molecule has 2 heterocycles. The highest BCUT2D eigenvalue weighted by Gasteiger charge is 2.10. The first-order valence-electron chi connectivity index (χ1n) is 5.95. The van der Waals surface area contributed by atoms with E-state index in [1.54, 1.807) is 11.3 Å². The Morgan fingerprint density at radius 1 is 1.29 bits per heavy atom. The fraction of sp³-hybridized carbons (Fsp3) is 0.500. The maximum Gasteiger partial charge on any atom is 0.257 e. The number of aryl methyl sites for hydroxylation is 1. The molecule has 0 spiro atoms. The smallest absolute Gasteiger partial charge is 0.257 e. The minimum absolute atomic E-state index is 0.640.